The number of morpholine rings is 1. The Balaban J connectivity index is 1.79. The second kappa shape index (κ2) is 9.71. The molecule has 0 saturated carbocycles. The van der Waals surface area contributed by atoms with Gasteiger partial charge < -0.3 is 14.6 Å². The molecule has 1 aliphatic rings. The van der Waals surface area contributed by atoms with Crippen LogP contribution in [-0.4, -0.2) is 60.3 Å². The maximum Gasteiger partial charge on any atom is 0.264 e. The SMILES string of the molecule is CC1OC(CO)CN(S(=O)(=O)c2ccc(OCc3ccc(F)cc3)cc2)C1C(=O)NO. The van der Waals surface area contributed by atoms with Gasteiger partial charge in [0, 0.05) is 6.54 Å². The molecule has 9 nitrogen and oxygen atoms in total. The minimum absolute atomic E-state index is 0.0943. The first-order valence-electron chi connectivity index (χ1n) is 9.45. The number of sulfonamides is 1. The average molecular weight is 454 g/mol. The molecular formula is C20H23FN2O7S. The molecule has 0 aromatic heterocycles. The Labute approximate surface area is 179 Å². The monoisotopic (exact) mass is 454 g/mol. The van der Waals surface area contributed by atoms with E-state index in [1.165, 1.54) is 48.8 Å². The van der Waals surface area contributed by atoms with Gasteiger partial charge in [-0.2, -0.15) is 4.31 Å². The summed E-state index contributed by atoms with van der Waals surface area (Å²) in [6.45, 7) is 0.963. The number of benzene rings is 2. The molecule has 2 aromatic rings. The minimum Gasteiger partial charge on any atom is -0.489 e. The quantitative estimate of drug-likeness (QED) is 0.422. The fourth-order valence-electron chi connectivity index (χ4n) is 3.32. The van der Waals surface area contributed by atoms with Crippen molar-refractivity contribution in [1.82, 2.24) is 9.79 Å². The molecule has 0 radical (unpaired) electrons. The minimum atomic E-state index is -4.16. The number of aliphatic hydroxyl groups excluding tert-OH is 1. The number of amides is 1. The van der Waals surface area contributed by atoms with Crippen molar-refractivity contribution >= 4 is 15.9 Å². The number of rotatable bonds is 7. The van der Waals surface area contributed by atoms with E-state index < -0.39 is 40.8 Å². The molecule has 1 heterocycles. The summed E-state index contributed by atoms with van der Waals surface area (Å²) in [4.78, 5) is 12.0. The summed E-state index contributed by atoms with van der Waals surface area (Å²) >= 11 is 0. The molecule has 0 spiro atoms. The Bertz CT molecular complexity index is 999. The van der Waals surface area contributed by atoms with Crippen molar-refractivity contribution in [2.24, 2.45) is 0 Å². The number of hydrogen-bond donors (Lipinski definition) is 3. The normalized spacial score (nSPS) is 22.1. The van der Waals surface area contributed by atoms with Gasteiger partial charge in [-0.1, -0.05) is 12.1 Å². The van der Waals surface area contributed by atoms with Gasteiger partial charge in [-0.3, -0.25) is 10.0 Å². The predicted molar refractivity (Wildman–Crippen MR) is 106 cm³/mol. The molecule has 3 unspecified atom stereocenters. The summed E-state index contributed by atoms with van der Waals surface area (Å²) in [6, 6.07) is 10.1. The second-order valence-corrected chi connectivity index (χ2v) is 8.92. The first-order chi connectivity index (χ1) is 14.8. The van der Waals surface area contributed by atoms with Crippen molar-refractivity contribution in [2.75, 3.05) is 13.2 Å². The Hall–Kier alpha value is -2.57. The summed E-state index contributed by atoms with van der Waals surface area (Å²) in [5.74, 6) is -0.893. The fourth-order valence-corrected chi connectivity index (χ4v) is 5.00. The van der Waals surface area contributed by atoms with E-state index in [4.69, 9.17) is 14.7 Å². The lowest BCUT2D eigenvalue weighted by Gasteiger charge is -2.40. The highest BCUT2D eigenvalue weighted by atomic mass is 32.2. The van der Waals surface area contributed by atoms with Crippen LogP contribution in [0.4, 0.5) is 4.39 Å². The maximum absolute atomic E-state index is 13.2. The zero-order valence-electron chi connectivity index (χ0n) is 16.6. The van der Waals surface area contributed by atoms with E-state index in [1.807, 2.05) is 0 Å². The van der Waals surface area contributed by atoms with E-state index in [2.05, 4.69) is 0 Å². The van der Waals surface area contributed by atoms with E-state index in [-0.39, 0.29) is 23.9 Å². The van der Waals surface area contributed by atoms with Crippen molar-refractivity contribution in [3.8, 4) is 5.75 Å². The number of halogens is 1. The van der Waals surface area contributed by atoms with Crippen molar-refractivity contribution in [3.05, 3.63) is 59.9 Å². The van der Waals surface area contributed by atoms with Crippen molar-refractivity contribution in [3.63, 3.8) is 0 Å². The number of hydroxylamine groups is 1. The average Bonchev–Trinajstić information content (AvgIpc) is 2.77. The third-order valence-electron chi connectivity index (χ3n) is 4.88. The molecule has 3 N–H and O–H groups in total. The predicted octanol–water partition coefficient (Wildman–Crippen LogP) is 1.05. The molecule has 1 fully saturated rings. The highest BCUT2D eigenvalue weighted by Gasteiger charge is 2.45. The molecule has 3 rings (SSSR count). The van der Waals surface area contributed by atoms with E-state index in [0.717, 1.165) is 9.87 Å². The van der Waals surface area contributed by atoms with Crippen LogP contribution < -0.4 is 10.2 Å². The van der Waals surface area contributed by atoms with Crippen LogP contribution in [0.2, 0.25) is 0 Å². The number of hydrogen-bond acceptors (Lipinski definition) is 7. The summed E-state index contributed by atoms with van der Waals surface area (Å²) in [5.41, 5.74) is 2.21. The molecule has 0 bridgehead atoms. The Morgan fingerprint density at radius 2 is 1.87 bits per heavy atom. The lowest BCUT2D eigenvalue weighted by Crippen LogP contribution is -2.61. The van der Waals surface area contributed by atoms with E-state index in [0.29, 0.717) is 5.75 Å². The van der Waals surface area contributed by atoms with Gasteiger partial charge >= 0.3 is 0 Å². The van der Waals surface area contributed by atoms with Crippen molar-refractivity contribution < 1.29 is 37.4 Å². The van der Waals surface area contributed by atoms with Crippen LogP contribution in [0.3, 0.4) is 0 Å². The molecule has 1 aliphatic heterocycles. The number of carbonyl (C=O) groups excluding carboxylic acids is 1. The van der Waals surface area contributed by atoms with Crippen LogP contribution in [-0.2, 0) is 26.2 Å². The van der Waals surface area contributed by atoms with Crippen molar-refractivity contribution in [2.45, 2.75) is 36.7 Å². The number of nitrogens with one attached hydrogen (secondary N) is 1. The maximum atomic E-state index is 13.2. The summed E-state index contributed by atoms with van der Waals surface area (Å²) in [5, 5.41) is 18.4. The first kappa shape index (κ1) is 23.1. The van der Waals surface area contributed by atoms with Gasteiger partial charge in [0.05, 0.1) is 23.7 Å². The Kier molecular flexibility index (Phi) is 7.23. The number of ether oxygens (including phenoxy) is 2. The molecule has 168 valence electrons. The zero-order valence-corrected chi connectivity index (χ0v) is 17.5. The largest absolute Gasteiger partial charge is 0.489 e. The smallest absolute Gasteiger partial charge is 0.264 e. The molecule has 11 heteroatoms. The van der Waals surface area contributed by atoms with E-state index >= 15 is 0 Å². The van der Waals surface area contributed by atoms with Gasteiger partial charge in [-0.05, 0) is 48.9 Å². The van der Waals surface area contributed by atoms with E-state index in [1.54, 1.807) is 12.1 Å². The molecule has 2 aromatic carbocycles. The molecule has 3 atom stereocenters. The van der Waals surface area contributed by atoms with Gasteiger partial charge in [0.1, 0.15) is 24.2 Å². The van der Waals surface area contributed by atoms with Crippen LogP contribution in [0, 0.1) is 5.82 Å². The molecular weight excluding hydrogens is 431 g/mol. The summed E-state index contributed by atoms with van der Waals surface area (Å²) < 4.78 is 51.3. The van der Waals surface area contributed by atoms with Gasteiger partial charge in [0.2, 0.25) is 10.0 Å². The highest BCUT2D eigenvalue weighted by molar-refractivity contribution is 7.89. The fraction of sp³-hybridized carbons (Fsp3) is 0.350. The van der Waals surface area contributed by atoms with Crippen LogP contribution in [0.1, 0.15) is 12.5 Å². The molecule has 1 saturated heterocycles. The first-order valence-corrected chi connectivity index (χ1v) is 10.9. The Morgan fingerprint density at radius 1 is 1.23 bits per heavy atom. The number of carbonyl (C=O) groups is 1. The van der Waals surface area contributed by atoms with Crippen LogP contribution >= 0.6 is 0 Å². The standard InChI is InChI=1S/C20H23FN2O7S/c1-13-19(20(25)22-26)23(10-17(11-24)30-13)31(27,28)18-8-6-16(7-9-18)29-12-14-2-4-15(21)5-3-14/h2-9,13,17,19,24,26H,10-12H2,1H3,(H,22,25). The second-order valence-electron chi connectivity index (χ2n) is 7.03. The van der Waals surface area contributed by atoms with Gasteiger partial charge in [-0.15, -0.1) is 0 Å². The molecule has 31 heavy (non-hydrogen) atoms. The summed E-state index contributed by atoms with van der Waals surface area (Å²) in [7, 11) is -4.16. The number of aliphatic hydroxyl groups is 1. The van der Waals surface area contributed by atoms with Crippen molar-refractivity contribution in [1.29, 1.82) is 0 Å². The molecule has 0 aliphatic carbocycles. The highest BCUT2D eigenvalue weighted by Crippen LogP contribution is 2.27. The van der Waals surface area contributed by atoms with Crippen LogP contribution in [0.25, 0.3) is 0 Å². The van der Waals surface area contributed by atoms with Gasteiger partial charge in [0.15, 0.2) is 0 Å². The third kappa shape index (κ3) is 5.20. The molecule has 1 amide bonds. The zero-order chi connectivity index (χ0) is 22.6. The van der Waals surface area contributed by atoms with Crippen LogP contribution in [0.15, 0.2) is 53.4 Å². The van der Waals surface area contributed by atoms with Gasteiger partial charge in [-0.25, -0.2) is 18.3 Å². The number of nitrogens with zero attached hydrogens (tertiary/aromatic N) is 1. The van der Waals surface area contributed by atoms with Crippen LogP contribution in [0.5, 0.6) is 5.75 Å². The lowest BCUT2D eigenvalue weighted by molar-refractivity contribution is -0.151. The van der Waals surface area contributed by atoms with Gasteiger partial charge in [0.25, 0.3) is 5.91 Å². The van der Waals surface area contributed by atoms with E-state index in [9.17, 15) is 22.7 Å². The summed E-state index contributed by atoms with van der Waals surface area (Å²) in [6.07, 6.45) is -1.71. The topological polar surface area (TPSA) is 125 Å². The Morgan fingerprint density at radius 3 is 2.45 bits per heavy atom. The third-order valence-corrected chi connectivity index (χ3v) is 6.74. The lowest BCUT2D eigenvalue weighted by atomic mass is 10.1.